The van der Waals surface area contributed by atoms with Crippen molar-refractivity contribution in [1.82, 2.24) is 10.2 Å². The standard InChI is InChI=1S/C15H18N2O3S/c1-4-15(2)13(19)17(14(20)16-15)9-12(18)10-5-7-11(21-3)8-6-10/h5-8H,4,9H2,1-3H3,(H,16,20). The van der Waals surface area contributed by atoms with Crippen LogP contribution in [0.25, 0.3) is 0 Å². The molecule has 0 bridgehead atoms. The lowest BCUT2D eigenvalue weighted by molar-refractivity contribution is -0.130. The molecular formula is C15H18N2O3S. The van der Waals surface area contributed by atoms with E-state index in [1.54, 1.807) is 30.8 Å². The lowest BCUT2D eigenvalue weighted by atomic mass is 9.99. The molecular weight excluding hydrogens is 288 g/mol. The smallest absolute Gasteiger partial charge is 0.323 e. The summed E-state index contributed by atoms with van der Waals surface area (Å²) in [6.45, 7) is 3.27. The van der Waals surface area contributed by atoms with Gasteiger partial charge in [0.05, 0.1) is 6.54 Å². The highest BCUT2D eigenvalue weighted by atomic mass is 32.2. The van der Waals surface area contributed by atoms with E-state index >= 15 is 0 Å². The third kappa shape index (κ3) is 2.95. The Hall–Kier alpha value is -1.82. The van der Waals surface area contributed by atoms with E-state index in [1.807, 2.05) is 25.3 Å². The number of nitrogens with one attached hydrogen (secondary N) is 1. The third-order valence-electron chi connectivity index (χ3n) is 3.77. The van der Waals surface area contributed by atoms with Crippen LogP contribution < -0.4 is 5.32 Å². The maximum Gasteiger partial charge on any atom is 0.325 e. The monoisotopic (exact) mass is 306 g/mol. The minimum absolute atomic E-state index is 0.223. The van der Waals surface area contributed by atoms with Crippen molar-refractivity contribution in [2.24, 2.45) is 0 Å². The molecule has 0 aromatic heterocycles. The average molecular weight is 306 g/mol. The van der Waals surface area contributed by atoms with Crippen LogP contribution in [0, 0.1) is 0 Å². The van der Waals surface area contributed by atoms with Gasteiger partial charge in [-0.25, -0.2) is 4.79 Å². The van der Waals surface area contributed by atoms with E-state index in [0.717, 1.165) is 9.80 Å². The number of Topliss-reactive ketones (excluding diaryl/α,β-unsaturated/α-hetero) is 1. The second-order valence-corrected chi connectivity index (χ2v) is 6.04. The number of ketones is 1. The lowest BCUT2D eigenvalue weighted by Crippen LogP contribution is -2.43. The van der Waals surface area contributed by atoms with Crippen molar-refractivity contribution in [3.05, 3.63) is 29.8 Å². The van der Waals surface area contributed by atoms with Crippen LogP contribution in [-0.4, -0.2) is 41.0 Å². The SMILES string of the molecule is CCC1(C)NC(=O)N(CC(=O)c2ccc(SC)cc2)C1=O. The maximum atomic E-state index is 12.2. The molecule has 1 saturated heterocycles. The van der Waals surface area contributed by atoms with Gasteiger partial charge in [-0.3, -0.25) is 14.5 Å². The molecule has 5 nitrogen and oxygen atoms in total. The summed E-state index contributed by atoms with van der Waals surface area (Å²) in [6.07, 6.45) is 2.44. The van der Waals surface area contributed by atoms with Crippen molar-refractivity contribution in [3.8, 4) is 0 Å². The Bertz CT molecular complexity index is 585. The second-order valence-electron chi connectivity index (χ2n) is 5.16. The number of benzene rings is 1. The minimum Gasteiger partial charge on any atom is -0.323 e. The van der Waals surface area contributed by atoms with Gasteiger partial charge in [0.1, 0.15) is 5.54 Å². The Labute approximate surface area is 128 Å². The Kier molecular flexibility index (Phi) is 4.37. The molecule has 0 saturated carbocycles. The molecule has 1 fully saturated rings. The number of carbonyl (C=O) groups is 3. The van der Waals surface area contributed by atoms with Gasteiger partial charge in [0.2, 0.25) is 0 Å². The van der Waals surface area contributed by atoms with Gasteiger partial charge in [0.15, 0.2) is 5.78 Å². The first kappa shape index (κ1) is 15.6. The molecule has 1 aromatic carbocycles. The fourth-order valence-corrected chi connectivity index (χ4v) is 2.55. The first-order valence-corrected chi connectivity index (χ1v) is 7.95. The predicted molar refractivity (Wildman–Crippen MR) is 81.5 cm³/mol. The molecule has 1 atom stereocenters. The highest BCUT2D eigenvalue weighted by molar-refractivity contribution is 7.98. The zero-order valence-corrected chi connectivity index (χ0v) is 13.1. The molecule has 112 valence electrons. The number of rotatable bonds is 5. The fourth-order valence-electron chi connectivity index (χ4n) is 2.14. The van der Waals surface area contributed by atoms with Gasteiger partial charge in [-0.2, -0.15) is 0 Å². The van der Waals surface area contributed by atoms with Crippen molar-refractivity contribution >= 4 is 29.5 Å². The quantitative estimate of drug-likeness (QED) is 0.515. The number of urea groups is 1. The van der Waals surface area contributed by atoms with E-state index in [-0.39, 0.29) is 18.2 Å². The number of hydrogen-bond acceptors (Lipinski definition) is 4. The highest BCUT2D eigenvalue weighted by Crippen LogP contribution is 2.21. The molecule has 2 rings (SSSR count). The van der Waals surface area contributed by atoms with Crippen LogP contribution in [-0.2, 0) is 4.79 Å². The zero-order valence-electron chi connectivity index (χ0n) is 12.3. The summed E-state index contributed by atoms with van der Waals surface area (Å²) >= 11 is 1.59. The third-order valence-corrected chi connectivity index (χ3v) is 4.51. The van der Waals surface area contributed by atoms with Crippen LogP contribution in [0.15, 0.2) is 29.2 Å². The van der Waals surface area contributed by atoms with E-state index in [4.69, 9.17) is 0 Å². The zero-order chi connectivity index (χ0) is 15.6. The summed E-state index contributed by atoms with van der Waals surface area (Å²) in [7, 11) is 0. The number of hydrogen-bond donors (Lipinski definition) is 1. The van der Waals surface area contributed by atoms with E-state index < -0.39 is 11.6 Å². The summed E-state index contributed by atoms with van der Waals surface area (Å²) in [4.78, 5) is 38.3. The van der Waals surface area contributed by atoms with Gasteiger partial charge in [-0.1, -0.05) is 19.1 Å². The van der Waals surface area contributed by atoms with Gasteiger partial charge in [-0.15, -0.1) is 11.8 Å². The summed E-state index contributed by atoms with van der Waals surface area (Å²) in [6, 6.07) is 6.62. The summed E-state index contributed by atoms with van der Waals surface area (Å²) in [5.41, 5.74) is -0.404. The van der Waals surface area contributed by atoms with Crippen molar-refractivity contribution in [1.29, 1.82) is 0 Å². The second kappa shape index (κ2) is 5.89. The molecule has 0 spiro atoms. The largest absolute Gasteiger partial charge is 0.325 e. The molecule has 0 aliphatic carbocycles. The lowest BCUT2D eigenvalue weighted by Gasteiger charge is -2.18. The Morgan fingerprint density at radius 2 is 1.90 bits per heavy atom. The van der Waals surface area contributed by atoms with Gasteiger partial charge in [0.25, 0.3) is 5.91 Å². The fraction of sp³-hybridized carbons (Fsp3) is 0.400. The van der Waals surface area contributed by atoms with Crippen LogP contribution >= 0.6 is 11.8 Å². The Balaban J connectivity index is 2.12. The summed E-state index contributed by atoms with van der Waals surface area (Å²) in [5, 5.41) is 2.64. The predicted octanol–water partition coefficient (Wildman–Crippen LogP) is 2.31. The normalized spacial score (nSPS) is 21.6. The molecule has 1 aromatic rings. The summed E-state index contributed by atoms with van der Waals surface area (Å²) < 4.78 is 0. The number of nitrogens with zero attached hydrogens (tertiary/aromatic N) is 1. The highest BCUT2D eigenvalue weighted by Gasteiger charge is 2.46. The minimum atomic E-state index is -0.903. The number of thioether (sulfide) groups is 1. The van der Waals surface area contributed by atoms with Crippen LogP contribution in [0.3, 0.4) is 0 Å². The number of imide groups is 1. The Morgan fingerprint density at radius 1 is 1.29 bits per heavy atom. The van der Waals surface area contributed by atoms with Crippen LogP contribution in [0.1, 0.15) is 30.6 Å². The number of amides is 3. The topological polar surface area (TPSA) is 66.5 Å². The van der Waals surface area contributed by atoms with Crippen LogP contribution in [0.5, 0.6) is 0 Å². The van der Waals surface area contributed by atoms with Gasteiger partial charge in [-0.05, 0) is 31.7 Å². The van der Waals surface area contributed by atoms with Crippen LogP contribution in [0.2, 0.25) is 0 Å². The molecule has 1 aliphatic rings. The molecule has 3 amide bonds. The van der Waals surface area contributed by atoms with Crippen molar-refractivity contribution in [3.63, 3.8) is 0 Å². The maximum absolute atomic E-state index is 12.2. The first-order valence-electron chi connectivity index (χ1n) is 6.72. The molecule has 1 N–H and O–H groups in total. The van der Waals surface area contributed by atoms with Gasteiger partial charge < -0.3 is 5.32 Å². The summed E-state index contributed by atoms with van der Waals surface area (Å²) in [5.74, 6) is -0.587. The van der Waals surface area contributed by atoms with Crippen molar-refractivity contribution in [2.45, 2.75) is 30.7 Å². The number of carbonyl (C=O) groups excluding carboxylic acids is 3. The van der Waals surface area contributed by atoms with Crippen molar-refractivity contribution < 1.29 is 14.4 Å². The molecule has 6 heteroatoms. The van der Waals surface area contributed by atoms with Crippen LogP contribution in [0.4, 0.5) is 4.79 Å². The molecule has 21 heavy (non-hydrogen) atoms. The Morgan fingerprint density at radius 3 is 2.38 bits per heavy atom. The van der Waals surface area contributed by atoms with Crippen molar-refractivity contribution in [2.75, 3.05) is 12.8 Å². The van der Waals surface area contributed by atoms with E-state index in [9.17, 15) is 14.4 Å². The molecule has 1 aliphatic heterocycles. The van der Waals surface area contributed by atoms with E-state index in [0.29, 0.717) is 12.0 Å². The van der Waals surface area contributed by atoms with E-state index in [1.165, 1.54) is 0 Å². The first-order chi connectivity index (χ1) is 9.91. The average Bonchev–Trinajstić information content (AvgIpc) is 2.71. The van der Waals surface area contributed by atoms with Gasteiger partial charge >= 0.3 is 6.03 Å². The molecule has 1 unspecified atom stereocenters. The van der Waals surface area contributed by atoms with Gasteiger partial charge in [0, 0.05) is 10.5 Å². The van der Waals surface area contributed by atoms with E-state index in [2.05, 4.69) is 5.32 Å². The molecule has 0 radical (unpaired) electrons. The molecule has 1 heterocycles.